The Balaban J connectivity index is 1.79. The number of hydrogen-bond acceptors (Lipinski definition) is 5. The number of methoxy groups -OCH3 is 1. The summed E-state index contributed by atoms with van der Waals surface area (Å²) in [6.45, 7) is -0.299. The first-order valence-corrected chi connectivity index (χ1v) is 9.78. The monoisotopic (exact) mass is 457 g/mol. The van der Waals surface area contributed by atoms with E-state index < -0.39 is 23.7 Å². The molecule has 2 heterocycles. The first-order chi connectivity index (χ1) is 15.7. The Kier molecular flexibility index (Phi) is 5.67. The van der Waals surface area contributed by atoms with Crippen LogP contribution in [0, 0.1) is 0 Å². The van der Waals surface area contributed by atoms with Crippen molar-refractivity contribution >= 4 is 17.6 Å². The molecule has 0 saturated carbocycles. The number of rotatable bonds is 6. The maximum absolute atomic E-state index is 14.4. The third-order valence-electron chi connectivity index (χ3n) is 5.05. The number of aliphatic imine (C=N–C) groups is 1. The van der Waals surface area contributed by atoms with Crippen LogP contribution in [0.4, 0.5) is 13.2 Å². The molecule has 0 unspecified atom stereocenters. The van der Waals surface area contributed by atoms with E-state index in [2.05, 4.69) is 4.99 Å². The number of nitrogens with one attached hydrogen (secondary N) is 1. The van der Waals surface area contributed by atoms with E-state index in [4.69, 9.17) is 9.15 Å². The average Bonchev–Trinajstić information content (AvgIpc) is 3.42. The van der Waals surface area contributed by atoms with Gasteiger partial charge in [-0.15, -0.1) is 0 Å². The fourth-order valence-electron chi connectivity index (χ4n) is 3.41. The Morgan fingerprint density at radius 1 is 1.12 bits per heavy atom. The van der Waals surface area contributed by atoms with Crippen LogP contribution in [0.3, 0.4) is 0 Å². The van der Waals surface area contributed by atoms with Gasteiger partial charge in [-0.2, -0.15) is 13.2 Å². The molecule has 0 radical (unpaired) electrons. The number of amidine groups is 1. The van der Waals surface area contributed by atoms with Crippen LogP contribution in [0.25, 0.3) is 0 Å². The lowest BCUT2D eigenvalue weighted by Gasteiger charge is -2.29. The highest BCUT2D eigenvalue weighted by atomic mass is 19.4. The van der Waals surface area contributed by atoms with Crippen molar-refractivity contribution in [1.29, 1.82) is 0 Å². The number of furan rings is 1. The molecule has 3 aromatic rings. The molecule has 1 aromatic heterocycles. The van der Waals surface area contributed by atoms with Crippen molar-refractivity contribution in [3.05, 3.63) is 89.9 Å². The van der Waals surface area contributed by atoms with Gasteiger partial charge in [0.25, 0.3) is 11.8 Å². The van der Waals surface area contributed by atoms with Gasteiger partial charge in [0.2, 0.25) is 0 Å². The van der Waals surface area contributed by atoms with Crippen molar-refractivity contribution < 1.29 is 31.9 Å². The molecule has 0 fully saturated rings. The highest BCUT2D eigenvalue weighted by Gasteiger charge is 2.67. The molecular weight excluding hydrogens is 439 g/mol. The molecule has 2 amide bonds. The van der Waals surface area contributed by atoms with Crippen molar-refractivity contribution in [3.63, 3.8) is 0 Å². The quantitative estimate of drug-likeness (QED) is 0.611. The summed E-state index contributed by atoms with van der Waals surface area (Å²) in [7, 11) is 1.36. The predicted octanol–water partition coefficient (Wildman–Crippen LogP) is 3.77. The van der Waals surface area contributed by atoms with Crippen LogP contribution in [0.1, 0.15) is 21.7 Å². The number of halogens is 3. The molecule has 0 bridgehead atoms. The van der Waals surface area contributed by atoms with Crippen molar-refractivity contribution in [2.45, 2.75) is 18.4 Å². The molecule has 10 heteroatoms. The van der Waals surface area contributed by atoms with Crippen LogP contribution in [-0.4, -0.2) is 41.5 Å². The summed E-state index contributed by atoms with van der Waals surface area (Å²) in [5, 5.41) is 1.83. The first-order valence-electron chi connectivity index (χ1n) is 9.78. The Bertz CT molecular complexity index is 1190. The van der Waals surface area contributed by atoms with E-state index in [1.165, 1.54) is 55.8 Å². The van der Waals surface area contributed by atoms with E-state index in [0.717, 1.165) is 4.90 Å². The molecule has 0 aliphatic carbocycles. The second kappa shape index (κ2) is 8.45. The molecule has 0 spiro atoms. The second-order valence-electron chi connectivity index (χ2n) is 7.17. The fraction of sp³-hybridized carbons (Fsp3) is 0.174. The zero-order valence-electron chi connectivity index (χ0n) is 17.3. The number of alkyl halides is 3. The second-order valence-corrected chi connectivity index (χ2v) is 7.17. The van der Waals surface area contributed by atoms with Gasteiger partial charge in [0, 0.05) is 11.1 Å². The van der Waals surface area contributed by atoms with Gasteiger partial charge < -0.3 is 14.5 Å². The Morgan fingerprint density at radius 3 is 2.52 bits per heavy atom. The minimum absolute atomic E-state index is 0.119. The van der Waals surface area contributed by atoms with Gasteiger partial charge in [-0.05, 0) is 30.3 Å². The highest BCUT2D eigenvalue weighted by molar-refractivity contribution is 6.16. The highest BCUT2D eigenvalue weighted by Crippen LogP contribution is 2.39. The number of ether oxygens (including phenoxy) is 1. The zero-order chi connectivity index (χ0) is 23.6. The van der Waals surface area contributed by atoms with E-state index in [1.54, 1.807) is 24.3 Å². The lowest BCUT2D eigenvalue weighted by Crippen LogP contribution is -2.63. The molecule has 4 rings (SSSR count). The summed E-state index contributed by atoms with van der Waals surface area (Å²) in [6.07, 6.45) is -3.88. The lowest BCUT2D eigenvalue weighted by molar-refractivity contribution is -0.196. The van der Waals surface area contributed by atoms with E-state index in [0.29, 0.717) is 0 Å². The maximum atomic E-state index is 14.4. The molecule has 170 valence electrons. The molecular formula is C23H18F3N3O4. The van der Waals surface area contributed by atoms with Gasteiger partial charge in [-0.1, -0.05) is 36.4 Å². The number of benzene rings is 2. The summed E-state index contributed by atoms with van der Waals surface area (Å²) in [4.78, 5) is 30.7. The minimum atomic E-state index is -5.23. The Labute approximate surface area is 186 Å². The zero-order valence-corrected chi connectivity index (χ0v) is 17.3. The third kappa shape index (κ3) is 4.07. The summed E-state index contributed by atoms with van der Waals surface area (Å²) in [5.74, 6) is -2.28. The smallest absolute Gasteiger partial charge is 0.442 e. The summed E-state index contributed by atoms with van der Waals surface area (Å²) >= 11 is 0. The van der Waals surface area contributed by atoms with E-state index >= 15 is 0 Å². The van der Waals surface area contributed by atoms with E-state index in [1.807, 2.05) is 5.32 Å². The molecule has 1 aliphatic rings. The molecule has 2 aromatic carbocycles. The number of carbonyl (C=O) groups excluding carboxylic acids is 2. The van der Waals surface area contributed by atoms with Crippen molar-refractivity contribution in [3.8, 4) is 5.75 Å². The van der Waals surface area contributed by atoms with Gasteiger partial charge in [0.05, 0.1) is 19.9 Å². The standard InChI is InChI=1S/C23H18F3N3O4/c1-32-17-10-5-9-16(13-17)20(30)28-22(23(24,25)26)21(31)29(14-18-11-6-12-33-18)19(27-22)15-7-3-2-4-8-15/h2-13H,14H2,1H3,(H,28,30)/t22-/m0/s1. The van der Waals surface area contributed by atoms with Crippen LogP contribution in [0.5, 0.6) is 5.75 Å². The van der Waals surface area contributed by atoms with Gasteiger partial charge in [0.15, 0.2) is 0 Å². The molecule has 0 saturated heterocycles. The Morgan fingerprint density at radius 2 is 1.88 bits per heavy atom. The van der Waals surface area contributed by atoms with Gasteiger partial charge in [-0.25, -0.2) is 4.99 Å². The van der Waals surface area contributed by atoms with Gasteiger partial charge in [0.1, 0.15) is 17.3 Å². The van der Waals surface area contributed by atoms with Crippen LogP contribution >= 0.6 is 0 Å². The lowest BCUT2D eigenvalue weighted by atomic mass is 10.1. The predicted molar refractivity (Wildman–Crippen MR) is 111 cm³/mol. The minimum Gasteiger partial charge on any atom is -0.497 e. The van der Waals surface area contributed by atoms with Crippen molar-refractivity contribution in [1.82, 2.24) is 10.2 Å². The fourth-order valence-corrected chi connectivity index (χ4v) is 3.41. The van der Waals surface area contributed by atoms with Gasteiger partial charge in [-0.3, -0.25) is 14.5 Å². The molecule has 33 heavy (non-hydrogen) atoms. The average molecular weight is 457 g/mol. The number of amides is 2. The number of hydrogen-bond donors (Lipinski definition) is 1. The SMILES string of the molecule is COc1cccc(C(=O)N[C@@]2(C(F)(F)F)N=C(c3ccccc3)N(Cc3ccco3)C2=O)c1. The summed E-state index contributed by atoms with van der Waals surface area (Å²) in [5.41, 5.74) is -3.35. The van der Waals surface area contributed by atoms with Crippen LogP contribution in [0.15, 0.2) is 82.4 Å². The van der Waals surface area contributed by atoms with Crippen LogP contribution in [-0.2, 0) is 11.3 Å². The van der Waals surface area contributed by atoms with Crippen LogP contribution in [0.2, 0.25) is 0 Å². The molecule has 7 nitrogen and oxygen atoms in total. The maximum Gasteiger partial charge on any atom is 0.442 e. The molecule has 1 N–H and O–H groups in total. The Hall–Kier alpha value is -4.08. The number of nitrogens with zero attached hydrogens (tertiary/aromatic N) is 2. The largest absolute Gasteiger partial charge is 0.497 e. The van der Waals surface area contributed by atoms with E-state index in [9.17, 15) is 22.8 Å². The summed E-state index contributed by atoms with van der Waals surface area (Å²) in [6, 6.07) is 16.6. The van der Waals surface area contributed by atoms with E-state index in [-0.39, 0.29) is 35.0 Å². The number of carbonyl (C=O) groups is 2. The third-order valence-corrected chi connectivity index (χ3v) is 5.05. The molecule has 1 aliphatic heterocycles. The normalized spacial score (nSPS) is 18.2. The van der Waals surface area contributed by atoms with Crippen LogP contribution < -0.4 is 10.1 Å². The first kappa shape index (κ1) is 22.1. The van der Waals surface area contributed by atoms with Crippen molar-refractivity contribution in [2.24, 2.45) is 4.99 Å². The molecule has 1 atom stereocenters. The summed E-state index contributed by atoms with van der Waals surface area (Å²) < 4.78 is 53.5. The van der Waals surface area contributed by atoms with Crippen molar-refractivity contribution in [2.75, 3.05) is 7.11 Å². The topological polar surface area (TPSA) is 84.1 Å². The van der Waals surface area contributed by atoms with Gasteiger partial charge >= 0.3 is 11.8 Å².